The molecule has 0 spiro atoms. The van der Waals surface area contributed by atoms with Crippen LogP contribution in [0, 0.1) is 0 Å². The van der Waals surface area contributed by atoms with Gasteiger partial charge in [-0.3, -0.25) is 0 Å². The predicted molar refractivity (Wildman–Crippen MR) is 57.5 cm³/mol. The Morgan fingerprint density at radius 2 is 2.36 bits per heavy atom. The number of benzene rings is 1. The number of phenolic OH excluding ortho intramolecular Hbond substituents is 1. The van der Waals surface area contributed by atoms with Gasteiger partial charge in [-0.2, -0.15) is 0 Å². The lowest BCUT2D eigenvalue weighted by atomic mass is 9.97. The highest BCUT2D eigenvalue weighted by molar-refractivity contribution is 5.37. The Hall–Kier alpha value is -1.02. The van der Waals surface area contributed by atoms with Crippen molar-refractivity contribution in [3.05, 3.63) is 29.3 Å². The van der Waals surface area contributed by atoms with E-state index in [4.69, 9.17) is 0 Å². The summed E-state index contributed by atoms with van der Waals surface area (Å²) in [6.07, 6.45) is 3.47. The summed E-state index contributed by atoms with van der Waals surface area (Å²) in [6, 6.07) is 6.17. The van der Waals surface area contributed by atoms with E-state index in [1.165, 1.54) is 24.0 Å². The fourth-order valence-corrected chi connectivity index (χ4v) is 2.18. The van der Waals surface area contributed by atoms with Crippen molar-refractivity contribution in [2.24, 2.45) is 0 Å². The van der Waals surface area contributed by atoms with Gasteiger partial charge in [0, 0.05) is 6.04 Å². The summed E-state index contributed by atoms with van der Waals surface area (Å²) >= 11 is 0. The molecule has 0 amide bonds. The molecule has 1 aliphatic rings. The number of hydrogen-bond donors (Lipinski definition) is 2. The molecule has 1 fully saturated rings. The van der Waals surface area contributed by atoms with Crippen LogP contribution in [0.25, 0.3) is 0 Å². The van der Waals surface area contributed by atoms with Crippen LogP contribution in [0.1, 0.15) is 36.9 Å². The zero-order chi connectivity index (χ0) is 9.97. The quantitative estimate of drug-likeness (QED) is 0.752. The van der Waals surface area contributed by atoms with Crippen molar-refractivity contribution in [3.8, 4) is 5.75 Å². The number of hydrogen-bond acceptors (Lipinski definition) is 2. The van der Waals surface area contributed by atoms with Gasteiger partial charge in [0.15, 0.2) is 0 Å². The smallest absolute Gasteiger partial charge is 0.115 e. The second-order valence-electron chi connectivity index (χ2n) is 3.89. The Balaban J connectivity index is 2.33. The Morgan fingerprint density at radius 3 is 3.00 bits per heavy atom. The molecule has 0 saturated carbocycles. The summed E-state index contributed by atoms with van der Waals surface area (Å²) in [4.78, 5) is 0. The van der Waals surface area contributed by atoms with E-state index in [-0.39, 0.29) is 0 Å². The lowest BCUT2D eigenvalue weighted by molar-refractivity contribution is 0.472. The van der Waals surface area contributed by atoms with Gasteiger partial charge < -0.3 is 10.4 Å². The van der Waals surface area contributed by atoms with Crippen LogP contribution in [0.2, 0.25) is 0 Å². The first-order valence-corrected chi connectivity index (χ1v) is 5.36. The Labute approximate surface area is 85.0 Å². The van der Waals surface area contributed by atoms with Crippen molar-refractivity contribution in [1.29, 1.82) is 0 Å². The average molecular weight is 191 g/mol. The van der Waals surface area contributed by atoms with Crippen molar-refractivity contribution < 1.29 is 5.11 Å². The van der Waals surface area contributed by atoms with E-state index >= 15 is 0 Å². The van der Waals surface area contributed by atoms with Crippen LogP contribution in [-0.2, 0) is 6.42 Å². The van der Waals surface area contributed by atoms with Crippen LogP contribution in [0.15, 0.2) is 18.2 Å². The summed E-state index contributed by atoms with van der Waals surface area (Å²) in [5, 5.41) is 12.9. The molecule has 1 saturated heterocycles. The molecule has 0 aromatic heterocycles. The summed E-state index contributed by atoms with van der Waals surface area (Å²) in [5.74, 6) is 0.380. The van der Waals surface area contributed by atoms with Gasteiger partial charge in [-0.15, -0.1) is 0 Å². The van der Waals surface area contributed by atoms with Gasteiger partial charge in [-0.25, -0.2) is 0 Å². The van der Waals surface area contributed by atoms with E-state index in [1.54, 1.807) is 6.07 Å². The minimum absolute atomic E-state index is 0.380. The highest BCUT2D eigenvalue weighted by Gasteiger charge is 2.18. The summed E-state index contributed by atoms with van der Waals surface area (Å²) in [5.41, 5.74) is 2.63. The van der Waals surface area contributed by atoms with E-state index in [1.807, 2.05) is 12.1 Å². The number of nitrogens with one attached hydrogen (secondary N) is 1. The van der Waals surface area contributed by atoms with Gasteiger partial charge in [-0.1, -0.05) is 13.0 Å². The monoisotopic (exact) mass is 191 g/mol. The molecule has 1 atom stereocenters. The summed E-state index contributed by atoms with van der Waals surface area (Å²) < 4.78 is 0. The van der Waals surface area contributed by atoms with Crippen LogP contribution in [0.4, 0.5) is 0 Å². The topological polar surface area (TPSA) is 32.3 Å². The molecule has 0 unspecified atom stereocenters. The first kappa shape index (κ1) is 9.53. The van der Waals surface area contributed by atoms with E-state index in [0.29, 0.717) is 11.8 Å². The lowest BCUT2D eigenvalue weighted by Gasteiger charge is -2.15. The largest absolute Gasteiger partial charge is 0.508 e. The molecule has 2 N–H and O–H groups in total. The van der Waals surface area contributed by atoms with E-state index in [0.717, 1.165) is 13.0 Å². The molecule has 14 heavy (non-hydrogen) atoms. The summed E-state index contributed by atoms with van der Waals surface area (Å²) in [7, 11) is 0. The Bertz CT molecular complexity index is 316. The fraction of sp³-hybridized carbons (Fsp3) is 0.500. The van der Waals surface area contributed by atoms with Crippen molar-refractivity contribution in [2.45, 2.75) is 32.2 Å². The minimum Gasteiger partial charge on any atom is -0.508 e. The standard InChI is InChI=1S/C12H17NO/c1-2-9-5-6-10(14)8-11(9)12-4-3-7-13-12/h5-6,8,12-14H,2-4,7H2,1H3/t12-/m0/s1. The molecule has 1 aromatic rings. The maximum atomic E-state index is 9.47. The van der Waals surface area contributed by atoms with Gasteiger partial charge in [-0.05, 0) is 49.1 Å². The van der Waals surface area contributed by atoms with Gasteiger partial charge in [0.2, 0.25) is 0 Å². The molecule has 0 bridgehead atoms. The van der Waals surface area contributed by atoms with Crippen LogP contribution < -0.4 is 5.32 Å². The molecule has 2 rings (SSSR count). The third kappa shape index (κ3) is 1.75. The molecule has 0 radical (unpaired) electrons. The zero-order valence-corrected chi connectivity index (χ0v) is 8.59. The van der Waals surface area contributed by atoms with Crippen molar-refractivity contribution in [3.63, 3.8) is 0 Å². The SMILES string of the molecule is CCc1ccc(O)cc1[C@@H]1CCCN1. The molecular weight excluding hydrogens is 174 g/mol. The third-order valence-corrected chi connectivity index (χ3v) is 2.95. The molecule has 0 aliphatic carbocycles. The Kier molecular flexibility index (Phi) is 2.73. The maximum Gasteiger partial charge on any atom is 0.115 e. The lowest BCUT2D eigenvalue weighted by Crippen LogP contribution is -2.14. The van der Waals surface area contributed by atoms with Crippen LogP contribution in [0.5, 0.6) is 5.75 Å². The zero-order valence-electron chi connectivity index (χ0n) is 8.59. The van der Waals surface area contributed by atoms with Crippen LogP contribution >= 0.6 is 0 Å². The third-order valence-electron chi connectivity index (χ3n) is 2.95. The first-order chi connectivity index (χ1) is 6.81. The van der Waals surface area contributed by atoms with Gasteiger partial charge in [0.1, 0.15) is 5.75 Å². The van der Waals surface area contributed by atoms with Crippen LogP contribution in [-0.4, -0.2) is 11.7 Å². The second kappa shape index (κ2) is 4.01. The normalized spacial score (nSPS) is 21.4. The molecule has 2 nitrogen and oxygen atoms in total. The highest BCUT2D eigenvalue weighted by atomic mass is 16.3. The minimum atomic E-state index is 0.380. The molecule has 1 aromatic carbocycles. The average Bonchev–Trinajstić information content (AvgIpc) is 2.70. The number of rotatable bonds is 2. The number of aryl methyl sites for hydroxylation is 1. The van der Waals surface area contributed by atoms with Crippen molar-refractivity contribution in [2.75, 3.05) is 6.54 Å². The molecule has 1 heterocycles. The second-order valence-corrected chi connectivity index (χ2v) is 3.89. The molecular formula is C12H17NO. The molecule has 1 aliphatic heterocycles. The van der Waals surface area contributed by atoms with E-state index in [9.17, 15) is 5.11 Å². The van der Waals surface area contributed by atoms with Crippen molar-refractivity contribution in [1.82, 2.24) is 5.32 Å². The van der Waals surface area contributed by atoms with Gasteiger partial charge >= 0.3 is 0 Å². The first-order valence-electron chi connectivity index (χ1n) is 5.36. The number of phenols is 1. The highest BCUT2D eigenvalue weighted by Crippen LogP contribution is 2.29. The van der Waals surface area contributed by atoms with E-state index < -0.39 is 0 Å². The van der Waals surface area contributed by atoms with Crippen LogP contribution in [0.3, 0.4) is 0 Å². The predicted octanol–water partition coefficient (Wildman–Crippen LogP) is 2.38. The fourth-order valence-electron chi connectivity index (χ4n) is 2.18. The summed E-state index contributed by atoms with van der Waals surface area (Å²) in [6.45, 7) is 3.26. The molecule has 2 heteroatoms. The van der Waals surface area contributed by atoms with Crippen molar-refractivity contribution >= 4 is 0 Å². The maximum absolute atomic E-state index is 9.47. The number of aromatic hydroxyl groups is 1. The van der Waals surface area contributed by atoms with Gasteiger partial charge in [0.05, 0.1) is 0 Å². The Morgan fingerprint density at radius 1 is 1.50 bits per heavy atom. The van der Waals surface area contributed by atoms with E-state index in [2.05, 4.69) is 12.2 Å². The van der Waals surface area contributed by atoms with Gasteiger partial charge in [0.25, 0.3) is 0 Å². The molecule has 76 valence electrons.